The summed E-state index contributed by atoms with van der Waals surface area (Å²) in [4.78, 5) is 25.0. The number of hydrogen-bond acceptors (Lipinski definition) is 5. The van der Waals surface area contributed by atoms with Gasteiger partial charge in [0.1, 0.15) is 12.2 Å². The molecule has 3 N–H and O–H groups in total. The molecule has 1 saturated heterocycles. The van der Waals surface area contributed by atoms with E-state index in [2.05, 4.69) is 0 Å². The van der Waals surface area contributed by atoms with Crippen LogP contribution in [0.4, 0.5) is 4.39 Å². The lowest BCUT2D eigenvalue weighted by molar-refractivity contribution is -0.0981. The van der Waals surface area contributed by atoms with E-state index in [0.717, 1.165) is 6.92 Å². The van der Waals surface area contributed by atoms with Crippen LogP contribution < -0.4 is 11.2 Å². The summed E-state index contributed by atoms with van der Waals surface area (Å²) < 4.78 is 35.8. The topological polar surface area (TPSA) is 105 Å². The smallest absolute Gasteiger partial charge is 0.330 e. The van der Waals surface area contributed by atoms with Crippen molar-refractivity contribution in [3.05, 3.63) is 33.1 Å². The largest absolute Gasteiger partial charge is 0.387 e. The first-order valence-electron chi connectivity index (χ1n) is 7.16. The van der Waals surface area contributed by atoms with Crippen molar-refractivity contribution >= 4 is 0 Å². The van der Waals surface area contributed by atoms with E-state index in [4.69, 9.17) is 7.48 Å². The third-order valence-electron chi connectivity index (χ3n) is 3.88. The van der Waals surface area contributed by atoms with Crippen molar-refractivity contribution in [2.45, 2.75) is 49.5 Å². The Hall–Kier alpha value is -1.51. The van der Waals surface area contributed by atoms with Gasteiger partial charge in [-0.1, -0.05) is 0 Å². The number of halogens is 1. The predicted octanol–water partition coefficient (Wildman–Crippen LogP) is -0.952. The molecule has 1 aliphatic carbocycles. The third kappa shape index (κ3) is 1.83. The Kier molecular flexibility index (Phi) is 2.24. The van der Waals surface area contributed by atoms with Gasteiger partial charge in [-0.15, -0.1) is 0 Å². The lowest BCUT2D eigenvalue weighted by Crippen LogP contribution is -2.45. The van der Waals surface area contributed by atoms with Gasteiger partial charge < -0.3 is 14.9 Å². The third-order valence-corrected chi connectivity index (χ3v) is 3.88. The highest BCUT2D eigenvalue weighted by atomic mass is 19.1. The van der Waals surface area contributed by atoms with E-state index in [9.17, 15) is 24.2 Å². The number of nitrogens with one attached hydrogen (secondary N) is 1. The minimum atomic E-state index is -2.48. The normalized spacial score (nSPS) is 40.3. The number of ether oxygens (including phenoxy) is 1. The summed E-state index contributed by atoms with van der Waals surface area (Å²) in [6.45, 7) is 0.981. The molecule has 1 unspecified atom stereocenters. The molecular formula is C12H15FN2O5. The zero-order valence-electron chi connectivity index (χ0n) is 12.6. The Morgan fingerprint density at radius 3 is 2.85 bits per heavy atom. The molecule has 4 atom stereocenters. The molecule has 0 spiro atoms. The molecule has 1 aromatic heterocycles. The van der Waals surface area contributed by atoms with E-state index in [1.807, 2.05) is 0 Å². The fraction of sp³-hybridized carbons (Fsp3) is 0.667. The van der Waals surface area contributed by atoms with Crippen molar-refractivity contribution < 1.29 is 22.1 Å². The lowest BCUT2D eigenvalue weighted by Gasteiger charge is -2.24. The van der Waals surface area contributed by atoms with Crippen LogP contribution in [0.2, 0.25) is 0 Å². The van der Waals surface area contributed by atoms with Gasteiger partial charge in [-0.05, 0) is 19.8 Å². The number of H-pyrrole nitrogens is 1. The Morgan fingerprint density at radius 2 is 2.25 bits per heavy atom. The number of rotatable bonds is 2. The summed E-state index contributed by atoms with van der Waals surface area (Å²) in [5.41, 5.74) is -6.02. The Balaban J connectivity index is 2.11. The second kappa shape index (κ2) is 4.00. The zero-order valence-corrected chi connectivity index (χ0v) is 10.6. The van der Waals surface area contributed by atoms with Crippen molar-refractivity contribution in [2.75, 3.05) is 0 Å². The molecule has 1 aliphatic heterocycles. The maximum Gasteiger partial charge on any atom is 0.330 e. The van der Waals surface area contributed by atoms with Gasteiger partial charge in [0, 0.05) is 12.2 Å². The molecule has 0 amide bonds. The molecule has 1 aromatic rings. The Labute approximate surface area is 115 Å². The highest BCUT2D eigenvalue weighted by Crippen LogP contribution is 2.51. The van der Waals surface area contributed by atoms with E-state index in [-0.39, 0.29) is 0 Å². The molecule has 110 valence electrons. The van der Waals surface area contributed by atoms with Crippen LogP contribution in [0.15, 0.2) is 21.8 Å². The number of aromatic amines is 1. The van der Waals surface area contributed by atoms with Gasteiger partial charge in [0.25, 0.3) is 5.56 Å². The summed E-state index contributed by atoms with van der Waals surface area (Å²) in [6, 6.07) is -0.818. The average molecular weight is 288 g/mol. The van der Waals surface area contributed by atoms with E-state index in [1.165, 1.54) is 0 Å². The first-order valence-corrected chi connectivity index (χ1v) is 6.16. The molecule has 20 heavy (non-hydrogen) atoms. The number of aromatic nitrogens is 2. The molecule has 0 aromatic carbocycles. The summed E-state index contributed by atoms with van der Waals surface area (Å²) in [6.07, 6.45) is -4.85. The lowest BCUT2D eigenvalue weighted by atomic mass is 9.95. The molecular weight excluding hydrogens is 271 g/mol. The predicted molar refractivity (Wildman–Crippen MR) is 64.9 cm³/mol. The van der Waals surface area contributed by atoms with Crippen LogP contribution in [0, 0.1) is 0 Å². The standard InChI is InChI=1S/C12H15FN2O5/c1-11(13)7(17)8(12(19)3-4-12)20-9(11)15-5-2-6(16)14-10(15)18/h2,5,7-9,17,19H,3-4H2,1H3,(H,14,16,18)/t7?,8-,9+,11+/m0/s1/i2D,5D. The molecule has 0 radical (unpaired) electrons. The van der Waals surface area contributed by atoms with Gasteiger partial charge >= 0.3 is 5.69 Å². The molecule has 2 heterocycles. The number of aliphatic hydroxyl groups is 2. The summed E-state index contributed by atoms with van der Waals surface area (Å²) in [5.74, 6) is 0. The average Bonchev–Trinajstić information content (AvgIpc) is 3.12. The summed E-state index contributed by atoms with van der Waals surface area (Å²) in [7, 11) is 0. The first kappa shape index (κ1) is 11.2. The number of hydrogen-bond donors (Lipinski definition) is 3. The molecule has 0 bridgehead atoms. The van der Waals surface area contributed by atoms with E-state index in [0.29, 0.717) is 17.4 Å². The highest BCUT2D eigenvalue weighted by Gasteiger charge is 2.64. The van der Waals surface area contributed by atoms with Gasteiger partial charge in [-0.3, -0.25) is 14.3 Å². The van der Waals surface area contributed by atoms with Gasteiger partial charge in [0.05, 0.1) is 8.34 Å². The maximum absolute atomic E-state index is 14.9. The van der Waals surface area contributed by atoms with Crippen molar-refractivity contribution in [3.63, 3.8) is 0 Å². The number of aliphatic hydroxyl groups excluding tert-OH is 1. The second-order valence-electron chi connectivity index (χ2n) is 5.47. The van der Waals surface area contributed by atoms with Gasteiger partial charge in [0.2, 0.25) is 0 Å². The minimum absolute atomic E-state index is 0.329. The van der Waals surface area contributed by atoms with Crippen LogP contribution in [0.25, 0.3) is 0 Å². The number of alkyl halides is 1. The summed E-state index contributed by atoms with van der Waals surface area (Å²) >= 11 is 0. The van der Waals surface area contributed by atoms with Crippen LogP contribution in [-0.4, -0.2) is 43.2 Å². The summed E-state index contributed by atoms with van der Waals surface area (Å²) in [5, 5.41) is 20.1. The maximum atomic E-state index is 14.9. The molecule has 8 heteroatoms. The van der Waals surface area contributed by atoms with Gasteiger partial charge in [-0.25, -0.2) is 9.18 Å². The van der Waals surface area contributed by atoms with E-state index >= 15 is 0 Å². The van der Waals surface area contributed by atoms with Crippen LogP contribution in [-0.2, 0) is 4.74 Å². The molecule has 2 aliphatic rings. The minimum Gasteiger partial charge on any atom is -0.387 e. The quantitative estimate of drug-likeness (QED) is 0.650. The fourth-order valence-electron chi connectivity index (χ4n) is 2.45. The van der Waals surface area contributed by atoms with Gasteiger partial charge in [0.15, 0.2) is 11.9 Å². The van der Waals surface area contributed by atoms with E-state index in [1.54, 1.807) is 4.98 Å². The second-order valence-corrected chi connectivity index (χ2v) is 5.47. The van der Waals surface area contributed by atoms with Crippen molar-refractivity contribution in [1.82, 2.24) is 9.55 Å². The van der Waals surface area contributed by atoms with Crippen LogP contribution in [0.3, 0.4) is 0 Å². The van der Waals surface area contributed by atoms with Crippen LogP contribution in [0.1, 0.15) is 28.7 Å². The first-order chi connectivity index (χ1) is 10.1. The molecule has 7 nitrogen and oxygen atoms in total. The Bertz CT molecular complexity index is 742. The van der Waals surface area contributed by atoms with Crippen LogP contribution in [0.5, 0.6) is 0 Å². The highest BCUT2D eigenvalue weighted by molar-refractivity contribution is 5.12. The molecule has 1 saturated carbocycles. The van der Waals surface area contributed by atoms with Crippen LogP contribution >= 0.6 is 0 Å². The SMILES string of the molecule is [2H]c1c([2H])n([C@@H]2O[C@H](C3(O)CC3)C(O)[C@@]2(C)F)c(=O)[nH]c1=O. The zero-order chi connectivity index (χ0) is 16.4. The Morgan fingerprint density at radius 1 is 1.60 bits per heavy atom. The van der Waals surface area contributed by atoms with Crippen molar-refractivity contribution in [1.29, 1.82) is 0 Å². The van der Waals surface area contributed by atoms with Crippen molar-refractivity contribution in [3.8, 4) is 0 Å². The molecule has 2 fully saturated rings. The monoisotopic (exact) mass is 288 g/mol. The number of nitrogens with zero attached hydrogens (tertiary/aromatic N) is 1. The fourth-order valence-corrected chi connectivity index (χ4v) is 2.45. The molecule has 3 rings (SSSR count). The van der Waals surface area contributed by atoms with Crippen molar-refractivity contribution in [2.24, 2.45) is 0 Å². The van der Waals surface area contributed by atoms with E-state index < -0.39 is 53.2 Å². The van der Waals surface area contributed by atoms with Gasteiger partial charge in [-0.2, -0.15) is 0 Å².